The van der Waals surface area contributed by atoms with E-state index in [0.717, 1.165) is 16.9 Å². The van der Waals surface area contributed by atoms with E-state index in [1.165, 1.54) is 10.2 Å². The molecule has 1 heterocycles. The van der Waals surface area contributed by atoms with Gasteiger partial charge in [0.2, 0.25) is 0 Å². The van der Waals surface area contributed by atoms with E-state index >= 15 is 0 Å². The molecule has 0 spiro atoms. The van der Waals surface area contributed by atoms with Gasteiger partial charge in [-0.25, -0.2) is 0 Å². The number of hydrogen-bond acceptors (Lipinski definition) is 2. The van der Waals surface area contributed by atoms with Crippen LogP contribution in [0.1, 0.15) is 56.4 Å². The predicted octanol–water partition coefficient (Wildman–Crippen LogP) is 3.79. The van der Waals surface area contributed by atoms with Crippen LogP contribution in [0.15, 0.2) is 35.1 Å². The average Bonchev–Trinajstić information content (AvgIpc) is 2.39. The predicted molar refractivity (Wildman–Crippen MR) is 82.7 cm³/mol. The SMILES string of the molecule is Cc1ccc(-n2nc(C(C)C)cc(C(C)C)c2=O)cc1. The molecule has 0 saturated carbocycles. The number of nitrogens with zero attached hydrogens (tertiary/aromatic N) is 2. The highest BCUT2D eigenvalue weighted by Crippen LogP contribution is 2.17. The van der Waals surface area contributed by atoms with Crippen LogP contribution in [-0.4, -0.2) is 9.78 Å². The Bertz CT molecular complexity index is 652. The van der Waals surface area contributed by atoms with Crippen molar-refractivity contribution in [1.29, 1.82) is 0 Å². The van der Waals surface area contributed by atoms with Crippen molar-refractivity contribution in [3.63, 3.8) is 0 Å². The van der Waals surface area contributed by atoms with Crippen molar-refractivity contribution in [2.45, 2.75) is 46.5 Å². The second kappa shape index (κ2) is 5.61. The Morgan fingerprint density at radius 1 is 1.00 bits per heavy atom. The molecule has 0 aliphatic rings. The second-order valence-corrected chi connectivity index (χ2v) is 5.89. The summed E-state index contributed by atoms with van der Waals surface area (Å²) in [5.41, 5.74) is 3.75. The Labute approximate surface area is 120 Å². The fourth-order valence-corrected chi connectivity index (χ4v) is 2.09. The topological polar surface area (TPSA) is 34.9 Å². The third kappa shape index (κ3) is 2.82. The van der Waals surface area contributed by atoms with Crippen LogP contribution in [-0.2, 0) is 0 Å². The molecular weight excluding hydrogens is 248 g/mol. The molecule has 3 nitrogen and oxygen atoms in total. The maximum absolute atomic E-state index is 12.6. The first-order chi connectivity index (χ1) is 9.40. The normalized spacial score (nSPS) is 11.3. The van der Waals surface area contributed by atoms with Gasteiger partial charge in [-0.2, -0.15) is 9.78 Å². The molecule has 0 saturated heterocycles. The Hall–Kier alpha value is -1.90. The van der Waals surface area contributed by atoms with Gasteiger partial charge < -0.3 is 0 Å². The third-order valence-corrected chi connectivity index (χ3v) is 3.45. The van der Waals surface area contributed by atoms with Gasteiger partial charge in [0.05, 0.1) is 11.4 Å². The summed E-state index contributed by atoms with van der Waals surface area (Å²) >= 11 is 0. The largest absolute Gasteiger partial charge is 0.274 e. The minimum atomic E-state index is -0.0201. The maximum atomic E-state index is 12.6. The van der Waals surface area contributed by atoms with Crippen LogP contribution in [0.25, 0.3) is 5.69 Å². The zero-order valence-electron chi connectivity index (χ0n) is 12.8. The van der Waals surface area contributed by atoms with Gasteiger partial charge >= 0.3 is 0 Å². The van der Waals surface area contributed by atoms with Crippen LogP contribution < -0.4 is 5.56 Å². The van der Waals surface area contributed by atoms with E-state index in [1.54, 1.807) is 0 Å². The summed E-state index contributed by atoms with van der Waals surface area (Å²) in [4.78, 5) is 12.6. The molecule has 0 aliphatic carbocycles. The number of hydrogen-bond donors (Lipinski definition) is 0. The number of aryl methyl sites for hydroxylation is 1. The van der Waals surface area contributed by atoms with E-state index in [9.17, 15) is 4.79 Å². The van der Waals surface area contributed by atoms with Gasteiger partial charge in [-0.3, -0.25) is 4.79 Å². The van der Waals surface area contributed by atoms with E-state index < -0.39 is 0 Å². The molecule has 0 N–H and O–H groups in total. The van der Waals surface area contributed by atoms with Gasteiger partial charge in [0.25, 0.3) is 5.56 Å². The quantitative estimate of drug-likeness (QED) is 0.850. The van der Waals surface area contributed by atoms with Gasteiger partial charge in [0, 0.05) is 5.56 Å². The van der Waals surface area contributed by atoms with E-state index in [0.29, 0.717) is 5.92 Å². The van der Waals surface area contributed by atoms with Crippen molar-refractivity contribution in [2.24, 2.45) is 0 Å². The van der Waals surface area contributed by atoms with E-state index in [2.05, 4.69) is 18.9 Å². The molecule has 106 valence electrons. The first kappa shape index (κ1) is 14.5. The molecule has 3 heteroatoms. The maximum Gasteiger partial charge on any atom is 0.274 e. The Morgan fingerprint density at radius 3 is 2.10 bits per heavy atom. The minimum absolute atomic E-state index is 0.0201. The highest BCUT2D eigenvalue weighted by Gasteiger charge is 2.14. The van der Waals surface area contributed by atoms with Gasteiger partial charge in [-0.05, 0) is 37.0 Å². The Kier molecular flexibility index (Phi) is 4.07. The van der Waals surface area contributed by atoms with Gasteiger partial charge in [-0.15, -0.1) is 0 Å². The standard InChI is InChI=1S/C17H22N2O/c1-11(2)15-10-16(12(3)4)18-19(17(15)20)14-8-6-13(5)7-9-14/h6-12H,1-5H3. The summed E-state index contributed by atoms with van der Waals surface area (Å²) in [5, 5.41) is 4.52. The van der Waals surface area contributed by atoms with Gasteiger partial charge in [-0.1, -0.05) is 45.4 Å². The van der Waals surface area contributed by atoms with Crippen molar-refractivity contribution >= 4 is 0 Å². The summed E-state index contributed by atoms with van der Waals surface area (Å²) in [5.74, 6) is 0.490. The lowest BCUT2D eigenvalue weighted by Crippen LogP contribution is -2.27. The minimum Gasteiger partial charge on any atom is -0.267 e. The molecule has 0 bridgehead atoms. The highest BCUT2D eigenvalue weighted by molar-refractivity contribution is 5.35. The third-order valence-electron chi connectivity index (χ3n) is 3.45. The van der Waals surface area contributed by atoms with Crippen molar-refractivity contribution in [1.82, 2.24) is 9.78 Å². The molecule has 0 radical (unpaired) electrons. The summed E-state index contributed by atoms with van der Waals surface area (Å²) in [6, 6.07) is 9.83. The lowest BCUT2D eigenvalue weighted by atomic mass is 10.0. The molecular formula is C17H22N2O. The summed E-state index contributed by atoms with van der Waals surface area (Å²) in [7, 11) is 0. The fourth-order valence-electron chi connectivity index (χ4n) is 2.09. The second-order valence-electron chi connectivity index (χ2n) is 5.89. The molecule has 0 fully saturated rings. The molecule has 2 rings (SSSR count). The summed E-state index contributed by atoms with van der Waals surface area (Å²) < 4.78 is 1.53. The van der Waals surface area contributed by atoms with Gasteiger partial charge in [0.15, 0.2) is 0 Å². The number of benzene rings is 1. The van der Waals surface area contributed by atoms with Crippen LogP contribution in [0.2, 0.25) is 0 Å². The zero-order chi connectivity index (χ0) is 14.9. The Balaban J connectivity index is 2.68. The molecule has 1 aromatic carbocycles. The van der Waals surface area contributed by atoms with Crippen molar-refractivity contribution in [2.75, 3.05) is 0 Å². The van der Waals surface area contributed by atoms with Crippen LogP contribution >= 0.6 is 0 Å². The first-order valence-corrected chi connectivity index (χ1v) is 7.11. The van der Waals surface area contributed by atoms with Crippen molar-refractivity contribution in [3.05, 3.63) is 57.5 Å². The Morgan fingerprint density at radius 2 is 1.60 bits per heavy atom. The summed E-state index contributed by atoms with van der Waals surface area (Å²) in [6.45, 7) is 10.3. The highest BCUT2D eigenvalue weighted by atomic mass is 16.1. The zero-order valence-corrected chi connectivity index (χ0v) is 12.8. The van der Waals surface area contributed by atoms with Crippen molar-refractivity contribution in [3.8, 4) is 5.69 Å². The van der Waals surface area contributed by atoms with Crippen molar-refractivity contribution < 1.29 is 0 Å². The first-order valence-electron chi connectivity index (χ1n) is 7.11. The van der Waals surface area contributed by atoms with Crippen LogP contribution in [0, 0.1) is 6.92 Å². The molecule has 0 unspecified atom stereocenters. The van der Waals surface area contributed by atoms with Crippen LogP contribution in [0.5, 0.6) is 0 Å². The summed E-state index contributed by atoms with van der Waals surface area (Å²) in [6.07, 6.45) is 0. The smallest absolute Gasteiger partial charge is 0.267 e. The lowest BCUT2D eigenvalue weighted by molar-refractivity contribution is 0.685. The molecule has 20 heavy (non-hydrogen) atoms. The van der Waals surface area contributed by atoms with E-state index in [1.807, 2.05) is 51.1 Å². The van der Waals surface area contributed by atoms with Crippen LogP contribution in [0.4, 0.5) is 0 Å². The molecule has 1 aromatic heterocycles. The lowest BCUT2D eigenvalue weighted by Gasteiger charge is -2.14. The number of rotatable bonds is 3. The monoisotopic (exact) mass is 270 g/mol. The molecule has 0 aliphatic heterocycles. The molecule has 0 atom stereocenters. The van der Waals surface area contributed by atoms with E-state index in [4.69, 9.17) is 0 Å². The average molecular weight is 270 g/mol. The molecule has 0 amide bonds. The van der Waals surface area contributed by atoms with Crippen LogP contribution in [0.3, 0.4) is 0 Å². The number of aromatic nitrogens is 2. The fraction of sp³-hybridized carbons (Fsp3) is 0.412. The molecule has 2 aromatic rings. The van der Waals surface area contributed by atoms with E-state index in [-0.39, 0.29) is 11.5 Å². The van der Waals surface area contributed by atoms with Gasteiger partial charge in [0.1, 0.15) is 0 Å².